The average Bonchev–Trinajstić information content (AvgIpc) is 2.98. The van der Waals surface area contributed by atoms with E-state index in [9.17, 15) is 9.90 Å². The van der Waals surface area contributed by atoms with E-state index in [0.29, 0.717) is 23.4 Å². The molecule has 0 saturated heterocycles. The van der Waals surface area contributed by atoms with Crippen LogP contribution in [-0.4, -0.2) is 37.3 Å². The van der Waals surface area contributed by atoms with Crippen molar-refractivity contribution in [2.45, 2.75) is 18.9 Å². The quantitative estimate of drug-likeness (QED) is 0.757. The van der Waals surface area contributed by atoms with Crippen molar-refractivity contribution < 1.29 is 9.84 Å². The van der Waals surface area contributed by atoms with Crippen molar-refractivity contribution in [1.29, 1.82) is 0 Å². The number of methoxy groups -OCH3 is 1. The molecule has 7 nitrogen and oxygen atoms in total. The summed E-state index contributed by atoms with van der Waals surface area (Å²) in [6.07, 6.45) is 8.00. The first-order valence-corrected chi connectivity index (χ1v) is 8.21. The molecule has 1 aliphatic carbocycles. The fraction of sp³-hybridized carbons (Fsp3) is 0.211. The SMILES string of the molecule is COC1(C)C=CC(n2c(=O)[nH]c3ncc(-c4ccc(O)cc4)nc32)=CC1. The molecule has 2 N–H and O–H groups in total. The van der Waals surface area contributed by atoms with Crippen molar-refractivity contribution in [3.8, 4) is 17.0 Å². The number of aromatic nitrogens is 4. The minimum absolute atomic E-state index is 0.181. The van der Waals surface area contributed by atoms with Gasteiger partial charge in [-0.3, -0.25) is 4.98 Å². The third-order valence-electron chi connectivity index (χ3n) is 4.61. The predicted octanol–water partition coefficient (Wildman–Crippen LogP) is 2.70. The monoisotopic (exact) mass is 350 g/mol. The van der Waals surface area contributed by atoms with Crippen LogP contribution in [0.15, 0.2) is 53.5 Å². The maximum Gasteiger partial charge on any atom is 0.333 e. The Morgan fingerprint density at radius 2 is 2.08 bits per heavy atom. The number of rotatable bonds is 3. The van der Waals surface area contributed by atoms with Gasteiger partial charge < -0.3 is 9.84 Å². The number of fused-ring (bicyclic) bond motifs is 1. The summed E-state index contributed by atoms with van der Waals surface area (Å²) in [5.41, 5.74) is 2.37. The Bertz CT molecular complexity index is 1090. The lowest BCUT2D eigenvalue weighted by Crippen LogP contribution is -2.26. The molecule has 132 valence electrons. The van der Waals surface area contributed by atoms with Crippen LogP contribution in [0, 0.1) is 0 Å². The van der Waals surface area contributed by atoms with Gasteiger partial charge in [0.05, 0.1) is 17.5 Å². The van der Waals surface area contributed by atoms with Crippen LogP contribution in [0.1, 0.15) is 13.3 Å². The molecule has 1 aromatic carbocycles. The van der Waals surface area contributed by atoms with Crippen LogP contribution in [0.2, 0.25) is 0 Å². The Kier molecular flexibility index (Phi) is 3.73. The van der Waals surface area contributed by atoms with Crippen molar-refractivity contribution in [3.63, 3.8) is 0 Å². The lowest BCUT2D eigenvalue weighted by atomic mass is 9.96. The molecule has 2 aromatic heterocycles. The zero-order valence-electron chi connectivity index (χ0n) is 14.4. The number of nitrogens with one attached hydrogen (secondary N) is 1. The van der Waals surface area contributed by atoms with E-state index in [0.717, 1.165) is 11.3 Å². The molecule has 0 radical (unpaired) electrons. The van der Waals surface area contributed by atoms with Gasteiger partial charge in [-0.1, -0.05) is 12.2 Å². The normalized spacial score (nSPS) is 19.7. The molecule has 0 bridgehead atoms. The summed E-state index contributed by atoms with van der Waals surface area (Å²) >= 11 is 0. The van der Waals surface area contributed by atoms with E-state index in [1.807, 2.05) is 25.2 Å². The summed E-state index contributed by atoms with van der Waals surface area (Å²) in [6.45, 7) is 1.98. The van der Waals surface area contributed by atoms with Crippen molar-refractivity contribution in [2.75, 3.05) is 7.11 Å². The summed E-state index contributed by atoms with van der Waals surface area (Å²) < 4.78 is 6.99. The van der Waals surface area contributed by atoms with Crippen LogP contribution >= 0.6 is 0 Å². The zero-order chi connectivity index (χ0) is 18.3. The van der Waals surface area contributed by atoms with Gasteiger partial charge in [-0.25, -0.2) is 19.3 Å². The number of H-pyrrole nitrogens is 1. The number of allylic oxidation sites excluding steroid dienone is 2. The van der Waals surface area contributed by atoms with Crippen molar-refractivity contribution in [1.82, 2.24) is 19.5 Å². The van der Waals surface area contributed by atoms with Crippen molar-refractivity contribution in [2.24, 2.45) is 0 Å². The highest BCUT2D eigenvalue weighted by molar-refractivity contribution is 5.77. The van der Waals surface area contributed by atoms with E-state index in [1.54, 1.807) is 37.6 Å². The van der Waals surface area contributed by atoms with Crippen molar-refractivity contribution in [3.05, 3.63) is 59.2 Å². The maximum absolute atomic E-state index is 12.4. The Morgan fingerprint density at radius 3 is 2.73 bits per heavy atom. The number of benzene rings is 1. The second-order valence-electron chi connectivity index (χ2n) is 6.42. The molecule has 0 saturated carbocycles. The summed E-state index contributed by atoms with van der Waals surface area (Å²) in [6, 6.07) is 6.68. The average molecular weight is 350 g/mol. The fourth-order valence-electron chi connectivity index (χ4n) is 2.91. The smallest absolute Gasteiger partial charge is 0.333 e. The molecule has 1 aliphatic rings. The molecule has 2 heterocycles. The molecule has 0 amide bonds. The fourth-order valence-corrected chi connectivity index (χ4v) is 2.91. The first-order valence-electron chi connectivity index (χ1n) is 8.21. The van der Waals surface area contributed by atoms with Crippen LogP contribution in [0.3, 0.4) is 0 Å². The van der Waals surface area contributed by atoms with Crippen LogP contribution in [0.5, 0.6) is 5.75 Å². The summed E-state index contributed by atoms with van der Waals surface area (Å²) in [7, 11) is 1.66. The molecule has 7 heteroatoms. The Labute approximate surface area is 149 Å². The Morgan fingerprint density at radius 1 is 1.31 bits per heavy atom. The molecule has 1 unspecified atom stereocenters. The predicted molar refractivity (Wildman–Crippen MR) is 98.7 cm³/mol. The minimum Gasteiger partial charge on any atom is -0.508 e. The minimum atomic E-state index is -0.373. The molecule has 0 fully saturated rings. The van der Waals surface area contributed by atoms with Crippen LogP contribution in [0.25, 0.3) is 28.2 Å². The topological polar surface area (TPSA) is 93.0 Å². The number of phenols is 1. The van der Waals surface area contributed by atoms with Gasteiger partial charge in [0.1, 0.15) is 5.75 Å². The van der Waals surface area contributed by atoms with Crippen LogP contribution in [0.4, 0.5) is 0 Å². The van der Waals surface area contributed by atoms with Crippen LogP contribution in [-0.2, 0) is 4.74 Å². The van der Waals surface area contributed by atoms with Gasteiger partial charge in [0.2, 0.25) is 0 Å². The van der Waals surface area contributed by atoms with Gasteiger partial charge in [-0.15, -0.1) is 0 Å². The lowest BCUT2D eigenvalue weighted by Gasteiger charge is -2.26. The highest BCUT2D eigenvalue weighted by Crippen LogP contribution is 2.27. The molecular weight excluding hydrogens is 332 g/mol. The number of phenolic OH excluding ortho intramolecular Hbond substituents is 1. The second-order valence-corrected chi connectivity index (χ2v) is 6.42. The third-order valence-corrected chi connectivity index (χ3v) is 4.61. The Balaban J connectivity index is 1.82. The largest absolute Gasteiger partial charge is 0.508 e. The molecule has 26 heavy (non-hydrogen) atoms. The number of aromatic amines is 1. The molecule has 0 aliphatic heterocycles. The van der Waals surface area contributed by atoms with E-state index in [-0.39, 0.29) is 17.0 Å². The number of hydrogen-bond donors (Lipinski definition) is 2. The van der Waals surface area contributed by atoms with Crippen molar-refractivity contribution >= 4 is 17.0 Å². The van der Waals surface area contributed by atoms with E-state index in [4.69, 9.17) is 4.74 Å². The summed E-state index contributed by atoms with van der Waals surface area (Å²) in [5.74, 6) is 0.181. The van der Waals surface area contributed by atoms with Gasteiger partial charge in [-0.2, -0.15) is 0 Å². The number of nitrogens with zero attached hydrogens (tertiary/aromatic N) is 3. The molecule has 4 rings (SSSR count). The van der Waals surface area contributed by atoms with E-state index >= 15 is 0 Å². The van der Waals surface area contributed by atoms with E-state index < -0.39 is 0 Å². The molecule has 3 aromatic rings. The number of hydrogen-bond acceptors (Lipinski definition) is 5. The van der Waals surface area contributed by atoms with Gasteiger partial charge >= 0.3 is 5.69 Å². The highest BCUT2D eigenvalue weighted by atomic mass is 16.5. The van der Waals surface area contributed by atoms with E-state index in [2.05, 4.69) is 15.0 Å². The first-order chi connectivity index (χ1) is 12.5. The Hall–Kier alpha value is -3.19. The van der Waals surface area contributed by atoms with E-state index in [1.165, 1.54) is 4.57 Å². The van der Waals surface area contributed by atoms with Gasteiger partial charge in [0, 0.05) is 24.8 Å². The van der Waals surface area contributed by atoms with Gasteiger partial charge in [-0.05, 0) is 37.3 Å². The zero-order valence-corrected chi connectivity index (χ0v) is 14.4. The molecule has 1 atom stereocenters. The number of ether oxygens (including phenoxy) is 1. The lowest BCUT2D eigenvalue weighted by molar-refractivity contribution is 0.0507. The standard InChI is InChI=1S/C19H18N4O3/c1-19(26-2)9-7-13(8-10-19)23-17-16(22-18(23)25)20-11-15(21-17)12-3-5-14(24)6-4-12/h3-9,11,24H,10H2,1-2H3,(H,20,22,25). The maximum atomic E-state index is 12.4. The summed E-state index contributed by atoms with van der Waals surface area (Å²) in [5, 5.41) is 9.44. The molecule has 0 spiro atoms. The highest BCUT2D eigenvalue weighted by Gasteiger charge is 2.23. The van der Waals surface area contributed by atoms with Gasteiger partial charge in [0.15, 0.2) is 11.3 Å². The van der Waals surface area contributed by atoms with Gasteiger partial charge in [0.25, 0.3) is 0 Å². The second kappa shape index (κ2) is 5.96. The van der Waals surface area contributed by atoms with Crippen LogP contribution < -0.4 is 5.69 Å². The third kappa shape index (κ3) is 2.72. The molecular formula is C19H18N4O3. The number of aromatic hydroxyl groups is 1. The summed E-state index contributed by atoms with van der Waals surface area (Å²) in [4.78, 5) is 24.1. The first kappa shape index (κ1) is 16.3. The number of imidazole rings is 1.